The van der Waals surface area contributed by atoms with Crippen LogP contribution in [0.15, 0.2) is 48.9 Å². The maximum atomic E-state index is 13.7. The molecular weight excluding hydrogens is 641 g/mol. The largest absolute Gasteiger partial charge is 0.619 e. The average Bonchev–Trinajstić information content (AvgIpc) is 3.69. The summed E-state index contributed by atoms with van der Waals surface area (Å²) < 4.78 is 43.2. The number of ether oxygens (including phenoxy) is 3. The summed E-state index contributed by atoms with van der Waals surface area (Å²) in [6.45, 7) is -2.28. The number of hydrogen-bond donors (Lipinski definition) is 1. The van der Waals surface area contributed by atoms with Crippen LogP contribution < -0.4 is 19.9 Å². The Bertz CT molecular complexity index is 1510. The van der Waals surface area contributed by atoms with E-state index in [9.17, 15) is 23.6 Å². The van der Waals surface area contributed by atoms with Crippen molar-refractivity contribution in [3.8, 4) is 11.5 Å². The number of rotatable bonds is 12. The number of thioether (sulfide) groups is 1. The maximum absolute atomic E-state index is 13.7. The van der Waals surface area contributed by atoms with Crippen LogP contribution in [0.4, 0.5) is 8.78 Å². The number of nitrogens with zero attached hydrogens (tertiary/aromatic N) is 3. The zero-order valence-corrected chi connectivity index (χ0v) is 25.5. The second-order valence-electron chi connectivity index (χ2n) is 10.2. The molecule has 1 amide bonds. The van der Waals surface area contributed by atoms with Crippen molar-refractivity contribution < 1.29 is 37.3 Å². The van der Waals surface area contributed by atoms with Gasteiger partial charge < -0.3 is 30.1 Å². The van der Waals surface area contributed by atoms with Crippen LogP contribution in [0, 0.1) is 11.1 Å². The van der Waals surface area contributed by atoms with E-state index in [0.717, 1.165) is 25.2 Å². The smallest absolute Gasteiger partial charge is 0.387 e. The van der Waals surface area contributed by atoms with Gasteiger partial charge in [-0.15, -0.1) is 11.8 Å². The summed E-state index contributed by atoms with van der Waals surface area (Å²) in [6.07, 6.45) is 4.49. The molecule has 2 N–H and O–H groups in total. The summed E-state index contributed by atoms with van der Waals surface area (Å²) >= 11 is 13.9. The molecule has 0 spiro atoms. The number of benzene rings is 1. The standard InChI is InChI=1S/C29H28Cl2F2N4O6S/c30-20-13-36(40)14-21(31)19(20)11-24(18-3-4-23(43-29(32)33)25(10-18)41-15-16-1-2-16)42-28(39)27-37(7-8-44-27)26(38)22-9-17(12-34)5-6-35-22/h3-6,9-10,13-14,16,24,27,29H,1-2,7-8,11-12,15,34H2/t24-,27+/m0/s1. The average molecular weight is 670 g/mol. The fraction of sp³-hybridized carbons (Fsp3) is 0.379. The van der Waals surface area contributed by atoms with Gasteiger partial charge >= 0.3 is 12.6 Å². The van der Waals surface area contributed by atoms with Crippen molar-refractivity contribution in [1.82, 2.24) is 9.88 Å². The van der Waals surface area contributed by atoms with E-state index in [2.05, 4.69) is 9.72 Å². The van der Waals surface area contributed by atoms with E-state index in [0.29, 0.717) is 39.7 Å². The molecule has 5 rings (SSSR count). The predicted octanol–water partition coefficient (Wildman–Crippen LogP) is 4.91. The Kier molecular flexibility index (Phi) is 10.3. The summed E-state index contributed by atoms with van der Waals surface area (Å²) in [7, 11) is 0. The van der Waals surface area contributed by atoms with Crippen molar-refractivity contribution in [2.24, 2.45) is 11.7 Å². The Morgan fingerprint density at radius 2 is 1.91 bits per heavy atom. The molecule has 1 saturated carbocycles. The molecule has 234 valence electrons. The van der Waals surface area contributed by atoms with Gasteiger partial charge in [0.25, 0.3) is 5.91 Å². The number of hydrogen-bond acceptors (Lipinski definition) is 9. The summed E-state index contributed by atoms with van der Waals surface area (Å²) in [4.78, 5) is 32.5. The minimum absolute atomic E-state index is 0.0364. The van der Waals surface area contributed by atoms with E-state index in [1.54, 1.807) is 12.1 Å². The minimum Gasteiger partial charge on any atom is -0.619 e. The number of carbonyl (C=O) groups excluding carboxylic acids is 2. The Morgan fingerprint density at radius 1 is 1.16 bits per heavy atom. The topological polar surface area (TPSA) is 131 Å². The van der Waals surface area contributed by atoms with Crippen LogP contribution >= 0.6 is 35.0 Å². The van der Waals surface area contributed by atoms with Crippen molar-refractivity contribution in [2.45, 2.75) is 43.9 Å². The Morgan fingerprint density at radius 3 is 2.59 bits per heavy atom. The van der Waals surface area contributed by atoms with Crippen LogP contribution in [-0.4, -0.2) is 52.7 Å². The van der Waals surface area contributed by atoms with Gasteiger partial charge in [-0.2, -0.15) is 13.5 Å². The summed E-state index contributed by atoms with van der Waals surface area (Å²) in [6, 6.07) is 7.50. The lowest BCUT2D eigenvalue weighted by molar-refractivity contribution is -0.605. The molecule has 10 nitrogen and oxygen atoms in total. The molecule has 2 atom stereocenters. The van der Waals surface area contributed by atoms with E-state index in [1.165, 1.54) is 41.1 Å². The fourth-order valence-corrected chi connectivity index (χ4v) is 6.30. The lowest BCUT2D eigenvalue weighted by Crippen LogP contribution is -2.41. The summed E-state index contributed by atoms with van der Waals surface area (Å²) in [5.41, 5.74) is 7.26. The van der Waals surface area contributed by atoms with Crippen molar-refractivity contribution in [2.75, 3.05) is 18.9 Å². The number of esters is 1. The SMILES string of the molecule is NCc1ccnc(C(=O)N2CCS[C@@H]2C(=O)O[C@@H](Cc2c(Cl)c[n+]([O-])cc2Cl)c2ccc(OC(F)F)c(OCC3CC3)c2)c1. The first-order valence-electron chi connectivity index (χ1n) is 13.7. The third-order valence-electron chi connectivity index (χ3n) is 7.07. The van der Waals surface area contributed by atoms with Gasteiger partial charge in [-0.1, -0.05) is 29.3 Å². The van der Waals surface area contributed by atoms with Gasteiger partial charge in [0.2, 0.25) is 0 Å². The number of alkyl halides is 2. The number of pyridine rings is 2. The van der Waals surface area contributed by atoms with Crippen LogP contribution in [0.25, 0.3) is 0 Å². The second kappa shape index (κ2) is 14.1. The van der Waals surface area contributed by atoms with Crippen molar-refractivity contribution in [3.63, 3.8) is 0 Å². The predicted molar refractivity (Wildman–Crippen MR) is 159 cm³/mol. The van der Waals surface area contributed by atoms with Crippen LogP contribution in [0.1, 0.15) is 46.1 Å². The Labute approximate surface area is 265 Å². The summed E-state index contributed by atoms with van der Waals surface area (Å²) in [5, 5.41) is 10.9. The molecule has 44 heavy (non-hydrogen) atoms. The van der Waals surface area contributed by atoms with Crippen LogP contribution in [0.3, 0.4) is 0 Å². The van der Waals surface area contributed by atoms with Crippen LogP contribution in [-0.2, 0) is 22.5 Å². The number of amides is 1. The maximum Gasteiger partial charge on any atom is 0.387 e. The summed E-state index contributed by atoms with van der Waals surface area (Å²) in [5.74, 6) is -0.510. The van der Waals surface area contributed by atoms with E-state index in [4.69, 9.17) is 38.4 Å². The Hall–Kier alpha value is -3.39. The van der Waals surface area contributed by atoms with Crippen molar-refractivity contribution in [1.29, 1.82) is 0 Å². The molecule has 2 aliphatic rings. The van der Waals surface area contributed by atoms with Gasteiger partial charge in [-0.25, -0.2) is 4.79 Å². The third kappa shape index (κ3) is 7.81. The normalized spacial score (nSPS) is 17.0. The molecule has 3 aromatic rings. The first-order valence-corrected chi connectivity index (χ1v) is 15.5. The van der Waals surface area contributed by atoms with Gasteiger partial charge in [-0.3, -0.25) is 9.78 Å². The molecule has 3 heterocycles. The van der Waals surface area contributed by atoms with Crippen molar-refractivity contribution >= 4 is 46.8 Å². The molecule has 1 aromatic carbocycles. The van der Waals surface area contributed by atoms with E-state index in [1.807, 2.05) is 0 Å². The van der Waals surface area contributed by atoms with E-state index < -0.39 is 30.0 Å². The first kappa shape index (κ1) is 32.0. The highest BCUT2D eigenvalue weighted by molar-refractivity contribution is 8.00. The molecular formula is C29H28Cl2F2N4O6S. The van der Waals surface area contributed by atoms with Gasteiger partial charge in [0.1, 0.15) is 21.8 Å². The lowest BCUT2D eigenvalue weighted by Gasteiger charge is -2.26. The van der Waals surface area contributed by atoms with Crippen molar-refractivity contribution in [3.05, 3.63) is 86.6 Å². The quantitative estimate of drug-likeness (QED) is 0.162. The number of aromatic nitrogens is 2. The molecule has 2 fully saturated rings. The van der Waals surface area contributed by atoms with Gasteiger partial charge in [-0.05, 0) is 54.2 Å². The highest BCUT2D eigenvalue weighted by atomic mass is 35.5. The van der Waals surface area contributed by atoms with Gasteiger partial charge in [0.05, 0.1) is 6.61 Å². The second-order valence-corrected chi connectivity index (χ2v) is 12.2. The lowest BCUT2D eigenvalue weighted by atomic mass is 10.0. The third-order valence-corrected chi connectivity index (χ3v) is 8.90. The van der Waals surface area contributed by atoms with E-state index in [-0.39, 0.29) is 46.7 Å². The molecule has 1 aliphatic heterocycles. The highest BCUT2D eigenvalue weighted by Crippen LogP contribution is 2.38. The molecule has 1 saturated heterocycles. The fourth-order valence-electron chi connectivity index (χ4n) is 4.60. The van der Waals surface area contributed by atoms with Gasteiger partial charge in [0, 0.05) is 37.0 Å². The molecule has 0 radical (unpaired) electrons. The molecule has 0 unspecified atom stereocenters. The van der Waals surface area contributed by atoms with Gasteiger partial charge in [0.15, 0.2) is 29.3 Å². The highest BCUT2D eigenvalue weighted by Gasteiger charge is 2.39. The zero-order chi connectivity index (χ0) is 31.4. The van der Waals surface area contributed by atoms with E-state index >= 15 is 0 Å². The number of nitrogens with two attached hydrogens (primary N) is 1. The number of halogens is 4. The van der Waals surface area contributed by atoms with Crippen LogP contribution in [0.5, 0.6) is 11.5 Å². The molecule has 0 bridgehead atoms. The monoisotopic (exact) mass is 668 g/mol. The molecule has 15 heteroatoms. The minimum atomic E-state index is -3.08. The molecule has 2 aromatic heterocycles. The zero-order valence-electron chi connectivity index (χ0n) is 23.2. The van der Waals surface area contributed by atoms with Crippen LogP contribution in [0.2, 0.25) is 10.0 Å². The Balaban J connectivity index is 1.45. The molecule has 1 aliphatic carbocycles. The number of carbonyl (C=O) groups is 2. The first-order chi connectivity index (χ1) is 21.1.